The Morgan fingerprint density at radius 1 is 0.957 bits per heavy atom. The average molecular weight is 307 g/mol. The molecule has 116 valence electrons. The van der Waals surface area contributed by atoms with Gasteiger partial charge in [-0.1, -0.05) is 6.07 Å². The third kappa shape index (κ3) is 3.98. The number of nitrogens with one attached hydrogen (secondary N) is 2. The summed E-state index contributed by atoms with van der Waals surface area (Å²) in [5, 5.41) is 6.29. The summed E-state index contributed by atoms with van der Waals surface area (Å²) in [6, 6.07) is 9.64. The van der Waals surface area contributed by atoms with Crippen LogP contribution in [0.2, 0.25) is 0 Å². The highest BCUT2D eigenvalue weighted by atomic mass is 15.1. The van der Waals surface area contributed by atoms with Crippen molar-refractivity contribution in [3.63, 3.8) is 0 Å². The fraction of sp³-hybridized carbons (Fsp3) is 0.125. The second-order valence-corrected chi connectivity index (χ2v) is 4.77. The maximum atomic E-state index is 5.50. The quantitative estimate of drug-likeness (QED) is 0.640. The maximum absolute atomic E-state index is 5.50. The van der Waals surface area contributed by atoms with Crippen LogP contribution in [0.15, 0.2) is 55.1 Å². The first-order valence-electron chi connectivity index (χ1n) is 7.25. The zero-order valence-electron chi connectivity index (χ0n) is 12.5. The van der Waals surface area contributed by atoms with Crippen molar-refractivity contribution in [3.05, 3.63) is 55.1 Å². The molecule has 0 unspecified atom stereocenters. The van der Waals surface area contributed by atoms with Crippen molar-refractivity contribution in [1.82, 2.24) is 19.9 Å². The Bertz CT molecular complexity index is 761. The summed E-state index contributed by atoms with van der Waals surface area (Å²) >= 11 is 0. The van der Waals surface area contributed by atoms with Crippen molar-refractivity contribution in [2.24, 2.45) is 5.73 Å². The van der Waals surface area contributed by atoms with Gasteiger partial charge in [0.05, 0.1) is 11.9 Å². The molecule has 0 radical (unpaired) electrons. The molecule has 0 amide bonds. The van der Waals surface area contributed by atoms with Gasteiger partial charge in [-0.05, 0) is 24.3 Å². The van der Waals surface area contributed by atoms with Crippen LogP contribution in [0.25, 0.3) is 11.3 Å². The number of hydrogen-bond donors (Lipinski definition) is 3. The molecule has 0 aromatic carbocycles. The SMILES string of the molecule is NCCNc1cc(-c2cccc(Nc3cnccn3)n2)ccn1. The van der Waals surface area contributed by atoms with Gasteiger partial charge in [0.15, 0.2) is 0 Å². The van der Waals surface area contributed by atoms with Crippen molar-refractivity contribution in [3.8, 4) is 11.3 Å². The van der Waals surface area contributed by atoms with Crippen molar-refractivity contribution >= 4 is 17.5 Å². The fourth-order valence-electron chi connectivity index (χ4n) is 2.05. The monoisotopic (exact) mass is 307 g/mol. The highest BCUT2D eigenvalue weighted by Gasteiger charge is 2.04. The normalized spacial score (nSPS) is 10.3. The van der Waals surface area contributed by atoms with Crippen molar-refractivity contribution < 1.29 is 0 Å². The van der Waals surface area contributed by atoms with Crippen LogP contribution in [0.4, 0.5) is 17.5 Å². The molecule has 0 fully saturated rings. The molecule has 3 rings (SSSR count). The number of anilines is 3. The number of nitrogens with zero attached hydrogens (tertiary/aromatic N) is 4. The van der Waals surface area contributed by atoms with E-state index in [9.17, 15) is 0 Å². The van der Waals surface area contributed by atoms with Gasteiger partial charge in [0.1, 0.15) is 17.5 Å². The van der Waals surface area contributed by atoms with E-state index in [-0.39, 0.29) is 0 Å². The van der Waals surface area contributed by atoms with E-state index in [1.165, 1.54) is 0 Å². The Balaban J connectivity index is 1.82. The molecule has 3 aromatic heterocycles. The molecular weight excluding hydrogens is 290 g/mol. The van der Waals surface area contributed by atoms with Gasteiger partial charge in [-0.2, -0.15) is 0 Å². The lowest BCUT2D eigenvalue weighted by atomic mass is 10.1. The minimum Gasteiger partial charge on any atom is -0.369 e. The summed E-state index contributed by atoms with van der Waals surface area (Å²) in [6.07, 6.45) is 6.65. The fourth-order valence-corrected chi connectivity index (χ4v) is 2.05. The van der Waals surface area contributed by atoms with Crippen molar-refractivity contribution in [1.29, 1.82) is 0 Å². The first kappa shape index (κ1) is 14.9. The van der Waals surface area contributed by atoms with Crippen molar-refractivity contribution in [2.45, 2.75) is 0 Å². The zero-order chi connectivity index (χ0) is 15.9. The molecule has 0 saturated heterocycles. The molecule has 4 N–H and O–H groups in total. The number of pyridine rings is 2. The molecule has 0 aliphatic carbocycles. The van der Waals surface area contributed by atoms with Gasteiger partial charge in [-0.15, -0.1) is 0 Å². The predicted molar refractivity (Wildman–Crippen MR) is 90.3 cm³/mol. The van der Waals surface area contributed by atoms with Crippen LogP contribution in [0.5, 0.6) is 0 Å². The highest BCUT2D eigenvalue weighted by Crippen LogP contribution is 2.21. The molecule has 0 atom stereocenters. The summed E-state index contributed by atoms with van der Waals surface area (Å²) in [6.45, 7) is 1.24. The molecule has 0 saturated carbocycles. The summed E-state index contributed by atoms with van der Waals surface area (Å²) in [4.78, 5) is 17.1. The van der Waals surface area contributed by atoms with Crippen LogP contribution in [0, 0.1) is 0 Å². The Kier molecular flexibility index (Phi) is 4.70. The van der Waals surface area contributed by atoms with E-state index in [0.717, 1.165) is 17.1 Å². The molecule has 3 aromatic rings. The van der Waals surface area contributed by atoms with E-state index in [1.807, 2.05) is 30.3 Å². The molecule has 0 aliphatic heterocycles. The molecule has 3 heterocycles. The largest absolute Gasteiger partial charge is 0.369 e. The van der Waals surface area contributed by atoms with E-state index in [4.69, 9.17) is 5.73 Å². The number of hydrogen-bond acceptors (Lipinski definition) is 7. The maximum Gasteiger partial charge on any atom is 0.150 e. The summed E-state index contributed by atoms with van der Waals surface area (Å²) in [5.41, 5.74) is 7.32. The smallest absolute Gasteiger partial charge is 0.150 e. The molecule has 7 heteroatoms. The second-order valence-electron chi connectivity index (χ2n) is 4.77. The minimum absolute atomic E-state index is 0.557. The minimum atomic E-state index is 0.557. The average Bonchev–Trinajstić information content (AvgIpc) is 2.61. The van der Waals surface area contributed by atoms with E-state index in [1.54, 1.807) is 24.8 Å². The molecule has 0 aliphatic rings. The molecular formula is C16H17N7. The zero-order valence-corrected chi connectivity index (χ0v) is 12.5. The lowest BCUT2D eigenvalue weighted by Gasteiger charge is -2.08. The Hall–Kier alpha value is -3.06. The predicted octanol–water partition coefficient (Wildman–Crippen LogP) is 2.05. The van der Waals surface area contributed by atoms with Crippen LogP contribution in [-0.2, 0) is 0 Å². The molecule has 7 nitrogen and oxygen atoms in total. The van der Waals surface area contributed by atoms with Crippen LogP contribution in [0.1, 0.15) is 0 Å². The van der Waals surface area contributed by atoms with Gasteiger partial charge in [0, 0.05) is 37.2 Å². The molecule has 0 bridgehead atoms. The first-order valence-corrected chi connectivity index (χ1v) is 7.25. The van der Waals surface area contributed by atoms with Crippen LogP contribution in [0.3, 0.4) is 0 Å². The topological polar surface area (TPSA) is 102 Å². The van der Waals surface area contributed by atoms with Gasteiger partial charge < -0.3 is 16.4 Å². The van der Waals surface area contributed by atoms with E-state index < -0.39 is 0 Å². The van der Waals surface area contributed by atoms with Gasteiger partial charge in [-0.25, -0.2) is 15.0 Å². The summed E-state index contributed by atoms with van der Waals surface area (Å²) < 4.78 is 0. The van der Waals surface area contributed by atoms with Crippen LogP contribution >= 0.6 is 0 Å². The molecule has 0 spiro atoms. The highest BCUT2D eigenvalue weighted by molar-refractivity contribution is 5.65. The Labute approximate surface area is 134 Å². The van der Waals surface area contributed by atoms with Gasteiger partial charge in [-0.3, -0.25) is 4.98 Å². The number of aromatic nitrogens is 4. The Morgan fingerprint density at radius 2 is 1.87 bits per heavy atom. The lowest BCUT2D eigenvalue weighted by Crippen LogP contribution is -2.13. The van der Waals surface area contributed by atoms with Crippen LogP contribution in [-0.4, -0.2) is 33.0 Å². The standard InChI is InChI=1S/C16H17N7/c17-5-7-20-15-10-12(4-6-19-15)13-2-1-3-14(22-13)23-16-11-18-8-9-21-16/h1-4,6,8-11H,5,7,17H2,(H,19,20)(H,21,22,23). The van der Waals surface area contributed by atoms with Gasteiger partial charge >= 0.3 is 0 Å². The van der Waals surface area contributed by atoms with E-state index >= 15 is 0 Å². The summed E-state index contributed by atoms with van der Waals surface area (Å²) in [7, 11) is 0. The third-order valence-electron chi connectivity index (χ3n) is 3.07. The summed E-state index contributed by atoms with van der Waals surface area (Å²) in [5.74, 6) is 2.13. The van der Waals surface area contributed by atoms with Crippen LogP contribution < -0.4 is 16.4 Å². The van der Waals surface area contributed by atoms with Crippen molar-refractivity contribution in [2.75, 3.05) is 23.7 Å². The lowest BCUT2D eigenvalue weighted by molar-refractivity contribution is 1.01. The second kappa shape index (κ2) is 7.28. The third-order valence-corrected chi connectivity index (χ3v) is 3.07. The van der Waals surface area contributed by atoms with E-state index in [0.29, 0.717) is 24.7 Å². The number of rotatable bonds is 6. The first-order chi connectivity index (χ1) is 11.3. The Morgan fingerprint density at radius 3 is 2.70 bits per heavy atom. The van der Waals surface area contributed by atoms with Gasteiger partial charge in [0.2, 0.25) is 0 Å². The van der Waals surface area contributed by atoms with E-state index in [2.05, 4.69) is 30.6 Å². The molecule has 23 heavy (non-hydrogen) atoms. The number of nitrogens with two attached hydrogens (primary N) is 1. The van der Waals surface area contributed by atoms with Gasteiger partial charge in [0.25, 0.3) is 0 Å².